The van der Waals surface area contributed by atoms with E-state index in [1.54, 1.807) is 20.8 Å². The number of amides is 1. The maximum absolute atomic E-state index is 10.8. The Bertz CT molecular complexity index is 143. The second-order valence-electron chi connectivity index (χ2n) is 3.24. The monoisotopic (exact) mass is 192 g/mol. The van der Waals surface area contributed by atoms with E-state index in [0.717, 1.165) is 0 Å². The molecule has 5 heteroatoms. The standard InChI is InChI=1S/C7H16N2O3.CH4/c1-7(2,3)12-6(10)9-11-5-4-8;/h4-5,8H2,1-3H3,(H,9,10);1H4. The Morgan fingerprint density at radius 3 is 2.38 bits per heavy atom. The summed E-state index contributed by atoms with van der Waals surface area (Å²) in [5, 5.41) is 0. The Balaban J connectivity index is 0. The molecule has 0 atom stereocenters. The fraction of sp³-hybridized carbons (Fsp3) is 0.875. The lowest BCUT2D eigenvalue weighted by Crippen LogP contribution is -2.33. The number of hydrogen-bond donors (Lipinski definition) is 2. The van der Waals surface area contributed by atoms with Gasteiger partial charge in [0.2, 0.25) is 0 Å². The van der Waals surface area contributed by atoms with E-state index in [1.165, 1.54) is 0 Å². The smallest absolute Gasteiger partial charge is 0.431 e. The van der Waals surface area contributed by atoms with Crippen LogP contribution in [0.1, 0.15) is 28.2 Å². The van der Waals surface area contributed by atoms with Gasteiger partial charge in [-0.3, -0.25) is 4.84 Å². The van der Waals surface area contributed by atoms with Crippen molar-refractivity contribution in [3.05, 3.63) is 0 Å². The summed E-state index contributed by atoms with van der Waals surface area (Å²) >= 11 is 0. The van der Waals surface area contributed by atoms with Gasteiger partial charge in [0.25, 0.3) is 0 Å². The van der Waals surface area contributed by atoms with Gasteiger partial charge in [-0.15, -0.1) is 0 Å². The lowest BCUT2D eigenvalue weighted by molar-refractivity contribution is -0.00546. The van der Waals surface area contributed by atoms with Crippen LogP contribution in [0.4, 0.5) is 4.79 Å². The van der Waals surface area contributed by atoms with E-state index in [0.29, 0.717) is 6.54 Å². The van der Waals surface area contributed by atoms with Crippen molar-refractivity contribution in [3.63, 3.8) is 0 Å². The number of carbonyl (C=O) groups is 1. The summed E-state index contributed by atoms with van der Waals surface area (Å²) in [6.07, 6.45) is -0.601. The van der Waals surface area contributed by atoms with E-state index in [4.69, 9.17) is 10.5 Å². The Labute approximate surface area is 79.5 Å². The summed E-state index contributed by atoms with van der Waals surface area (Å²) < 4.78 is 4.87. The maximum atomic E-state index is 10.8. The molecule has 0 saturated heterocycles. The predicted octanol–water partition coefficient (Wildman–Crippen LogP) is 1.04. The first-order chi connectivity index (χ1) is 5.45. The van der Waals surface area contributed by atoms with Crippen LogP contribution in [0.15, 0.2) is 0 Å². The summed E-state index contributed by atoms with van der Waals surface area (Å²) in [7, 11) is 0. The Morgan fingerprint density at radius 2 is 2.00 bits per heavy atom. The zero-order chi connectivity index (χ0) is 9.61. The molecule has 3 N–H and O–H groups in total. The number of hydroxylamine groups is 1. The van der Waals surface area contributed by atoms with Gasteiger partial charge in [0, 0.05) is 6.54 Å². The molecule has 5 nitrogen and oxygen atoms in total. The third kappa shape index (κ3) is 11.2. The molecule has 0 radical (unpaired) electrons. The van der Waals surface area contributed by atoms with Crippen LogP contribution in [-0.4, -0.2) is 24.8 Å². The lowest BCUT2D eigenvalue weighted by atomic mass is 10.2. The number of ether oxygens (including phenoxy) is 1. The minimum absolute atomic E-state index is 0. The third-order valence-corrected chi connectivity index (χ3v) is 0.774. The molecule has 13 heavy (non-hydrogen) atoms. The van der Waals surface area contributed by atoms with Gasteiger partial charge in [0.15, 0.2) is 0 Å². The quantitative estimate of drug-likeness (QED) is 0.517. The fourth-order valence-corrected chi connectivity index (χ4v) is 0.468. The van der Waals surface area contributed by atoms with Crippen LogP contribution in [0.25, 0.3) is 0 Å². The lowest BCUT2D eigenvalue weighted by Gasteiger charge is -2.19. The number of carbonyl (C=O) groups excluding carboxylic acids is 1. The molecule has 0 unspecified atom stereocenters. The van der Waals surface area contributed by atoms with Crippen molar-refractivity contribution < 1.29 is 14.4 Å². The highest BCUT2D eigenvalue weighted by Gasteiger charge is 2.15. The van der Waals surface area contributed by atoms with Crippen LogP contribution in [0.3, 0.4) is 0 Å². The summed E-state index contributed by atoms with van der Waals surface area (Å²) in [6, 6.07) is 0. The molecule has 0 heterocycles. The van der Waals surface area contributed by atoms with Crippen LogP contribution in [0, 0.1) is 0 Å². The van der Waals surface area contributed by atoms with Crippen LogP contribution in [-0.2, 0) is 9.57 Å². The van der Waals surface area contributed by atoms with Gasteiger partial charge in [0.1, 0.15) is 5.60 Å². The molecule has 0 bridgehead atoms. The number of nitrogens with two attached hydrogens (primary N) is 1. The maximum Gasteiger partial charge on any atom is 0.431 e. The molecule has 1 amide bonds. The molecule has 0 saturated carbocycles. The number of rotatable bonds is 3. The molecule has 0 fully saturated rings. The molecule has 0 aromatic carbocycles. The van der Waals surface area contributed by atoms with Crippen molar-refractivity contribution in [2.24, 2.45) is 5.73 Å². The highest BCUT2D eigenvalue weighted by molar-refractivity contribution is 5.66. The molecular weight excluding hydrogens is 172 g/mol. The zero-order valence-electron chi connectivity index (χ0n) is 7.72. The number of hydrogen-bond acceptors (Lipinski definition) is 4. The van der Waals surface area contributed by atoms with Crippen LogP contribution in [0.5, 0.6) is 0 Å². The van der Waals surface area contributed by atoms with E-state index < -0.39 is 11.7 Å². The minimum atomic E-state index is -0.601. The molecule has 0 aromatic heterocycles. The van der Waals surface area contributed by atoms with Crippen LogP contribution >= 0.6 is 0 Å². The molecule has 0 rings (SSSR count). The average molecular weight is 192 g/mol. The Hall–Kier alpha value is -0.810. The molecule has 80 valence electrons. The Morgan fingerprint density at radius 1 is 1.46 bits per heavy atom. The van der Waals surface area contributed by atoms with E-state index in [-0.39, 0.29) is 14.0 Å². The Kier molecular flexibility index (Phi) is 7.55. The first-order valence-electron chi connectivity index (χ1n) is 3.76. The molecule has 0 aliphatic rings. The first-order valence-corrected chi connectivity index (χ1v) is 3.76. The average Bonchev–Trinajstić information content (AvgIpc) is 1.84. The van der Waals surface area contributed by atoms with E-state index in [9.17, 15) is 4.79 Å². The van der Waals surface area contributed by atoms with Gasteiger partial charge in [0.05, 0.1) is 6.61 Å². The second kappa shape index (κ2) is 6.68. The third-order valence-electron chi connectivity index (χ3n) is 0.774. The van der Waals surface area contributed by atoms with Gasteiger partial charge < -0.3 is 10.5 Å². The number of nitrogens with one attached hydrogen (secondary N) is 1. The van der Waals surface area contributed by atoms with Crippen molar-refractivity contribution in [2.45, 2.75) is 33.8 Å². The highest BCUT2D eigenvalue weighted by atomic mass is 16.7. The van der Waals surface area contributed by atoms with Gasteiger partial charge in [-0.25, -0.2) is 4.79 Å². The largest absolute Gasteiger partial charge is 0.442 e. The van der Waals surface area contributed by atoms with Gasteiger partial charge in [-0.2, -0.15) is 5.48 Å². The zero-order valence-corrected chi connectivity index (χ0v) is 7.72. The van der Waals surface area contributed by atoms with Gasteiger partial charge in [-0.1, -0.05) is 7.43 Å². The van der Waals surface area contributed by atoms with Crippen molar-refractivity contribution >= 4 is 6.09 Å². The molecule has 0 aliphatic carbocycles. The van der Waals surface area contributed by atoms with Crippen LogP contribution in [0.2, 0.25) is 0 Å². The summed E-state index contributed by atoms with van der Waals surface area (Å²) in [5.74, 6) is 0. The fourth-order valence-electron chi connectivity index (χ4n) is 0.468. The van der Waals surface area contributed by atoms with E-state index in [2.05, 4.69) is 10.3 Å². The van der Waals surface area contributed by atoms with Gasteiger partial charge in [-0.05, 0) is 20.8 Å². The molecule has 0 aromatic rings. The van der Waals surface area contributed by atoms with Crippen molar-refractivity contribution in [2.75, 3.05) is 13.2 Å². The van der Waals surface area contributed by atoms with E-state index in [1.807, 2.05) is 0 Å². The normalized spacial score (nSPS) is 10.2. The highest BCUT2D eigenvalue weighted by Crippen LogP contribution is 2.05. The molecular formula is C8H20N2O3. The second-order valence-corrected chi connectivity index (χ2v) is 3.24. The first kappa shape index (κ1) is 14.7. The van der Waals surface area contributed by atoms with Gasteiger partial charge >= 0.3 is 6.09 Å². The predicted molar refractivity (Wildman–Crippen MR) is 51.1 cm³/mol. The summed E-state index contributed by atoms with van der Waals surface area (Å²) in [6.45, 7) is 5.95. The summed E-state index contributed by atoms with van der Waals surface area (Å²) in [4.78, 5) is 15.5. The minimum Gasteiger partial charge on any atom is -0.442 e. The molecule has 0 spiro atoms. The van der Waals surface area contributed by atoms with Crippen molar-refractivity contribution in [3.8, 4) is 0 Å². The van der Waals surface area contributed by atoms with Crippen molar-refractivity contribution in [1.29, 1.82) is 0 Å². The van der Waals surface area contributed by atoms with Crippen molar-refractivity contribution in [1.82, 2.24) is 5.48 Å². The van der Waals surface area contributed by atoms with E-state index >= 15 is 0 Å². The van der Waals surface area contributed by atoms with Crippen LogP contribution < -0.4 is 11.2 Å². The molecule has 0 aliphatic heterocycles. The SMILES string of the molecule is C.CC(C)(C)OC(=O)NOCCN. The topological polar surface area (TPSA) is 73.6 Å². The summed E-state index contributed by atoms with van der Waals surface area (Å²) in [5.41, 5.74) is 6.72.